The van der Waals surface area contributed by atoms with Gasteiger partial charge in [0.25, 0.3) is 0 Å². The molecule has 1 aromatic carbocycles. The lowest BCUT2D eigenvalue weighted by atomic mass is 9.93. The van der Waals surface area contributed by atoms with Crippen molar-refractivity contribution in [2.24, 2.45) is 5.92 Å². The van der Waals surface area contributed by atoms with Gasteiger partial charge in [-0.1, -0.05) is 30.4 Å². The monoisotopic (exact) mass is 275 g/mol. The predicted octanol–water partition coefficient (Wildman–Crippen LogP) is 2.03. The SMILES string of the molecule is O=C(NCc1ccccc1OCCO)C1CC=CCC1. The first-order valence-electron chi connectivity index (χ1n) is 7.05. The molecule has 1 atom stereocenters. The number of rotatable bonds is 6. The Morgan fingerprint density at radius 2 is 2.20 bits per heavy atom. The molecule has 0 spiro atoms. The number of nitrogens with one attached hydrogen (secondary N) is 1. The van der Waals surface area contributed by atoms with Crippen LogP contribution in [0.2, 0.25) is 0 Å². The van der Waals surface area contributed by atoms with E-state index in [-0.39, 0.29) is 25.0 Å². The molecule has 1 amide bonds. The summed E-state index contributed by atoms with van der Waals surface area (Å²) in [6.07, 6.45) is 6.93. The molecule has 0 fully saturated rings. The number of benzene rings is 1. The van der Waals surface area contributed by atoms with Gasteiger partial charge in [-0.05, 0) is 25.3 Å². The number of aliphatic hydroxyl groups is 1. The van der Waals surface area contributed by atoms with Gasteiger partial charge in [0.1, 0.15) is 12.4 Å². The molecule has 2 N–H and O–H groups in total. The Morgan fingerprint density at radius 3 is 2.95 bits per heavy atom. The van der Waals surface area contributed by atoms with Crippen LogP contribution in [-0.4, -0.2) is 24.2 Å². The fourth-order valence-electron chi connectivity index (χ4n) is 2.30. The number of aliphatic hydroxyl groups excluding tert-OH is 1. The Morgan fingerprint density at radius 1 is 1.35 bits per heavy atom. The Balaban J connectivity index is 1.89. The Kier molecular flexibility index (Phi) is 5.62. The zero-order valence-corrected chi connectivity index (χ0v) is 11.5. The Labute approximate surface area is 119 Å². The van der Waals surface area contributed by atoms with Crippen molar-refractivity contribution in [2.45, 2.75) is 25.8 Å². The van der Waals surface area contributed by atoms with Crippen molar-refractivity contribution >= 4 is 5.91 Å². The molecule has 4 heteroatoms. The van der Waals surface area contributed by atoms with Crippen LogP contribution < -0.4 is 10.1 Å². The van der Waals surface area contributed by atoms with E-state index in [0.29, 0.717) is 12.3 Å². The van der Waals surface area contributed by atoms with Crippen molar-refractivity contribution in [3.05, 3.63) is 42.0 Å². The molecule has 4 nitrogen and oxygen atoms in total. The van der Waals surface area contributed by atoms with Gasteiger partial charge < -0.3 is 15.2 Å². The van der Waals surface area contributed by atoms with Gasteiger partial charge in [-0.2, -0.15) is 0 Å². The molecule has 0 heterocycles. The van der Waals surface area contributed by atoms with E-state index in [0.717, 1.165) is 24.8 Å². The summed E-state index contributed by atoms with van der Waals surface area (Å²) in [4.78, 5) is 12.1. The average Bonchev–Trinajstić information content (AvgIpc) is 2.52. The molecule has 0 radical (unpaired) electrons. The first kappa shape index (κ1) is 14.6. The van der Waals surface area contributed by atoms with Gasteiger partial charge in [0.2, 0.25) is 5.91 Å². The van der Waals surface area contributed by atoms with Crippen LogP contribution in [0.4, 0.5) is 0 Å². The normalized spacial score (nSPS) is 17.8. The third-order valence-corrected chi connectivity index (χ3v) is 3.41. The van der Waals surface area contributed by atoms with E-state index in [9.17, 15) is 4.79 Å². The first-order chi connectivity index (χ1) is 9.81. The minimum absolute atomic E-state index is 0.0187. The molecule has 0 saturated carbocycles. The zero-order valence-electron chi connectivity index (χ0n) is 11.5. The maximum Gasteiger partial charge on any atom is 0.223 e. The average molecular weight is 275 g/mol. The molecule has 0 aliphatic heterocycles. The molecule has 0 aromatic heterocycles. The topological polar surface area (TPSA) is 58.6 Å². The highest BCUT2D eigenvalue weighted by molar-refractivity contribution is 5.79. The minimum Gasteiger partial charge on any atom is -0.491 e. The third kappa shape index (κ3) is 4.10. The number of amides is 1. The number of para-hydroxylation sites is 1. The second-order valence-corrected chi connectivity index (χ2v) is 4.88. The van der Waals surface area contributed by atoms with E-state index in [4.69, 9.17) is 9.84 Å². The number of ether oxygens (including phenoxy) is 1. The van der Waals surface area contributed by atoms with Gasteiger partial charge in [0, 0.05) is 18.0 Å². The highest BCUT2D eigenvalue weighted by Crippen LogP contribution is 2.20. The maximum atomic E-state index is 12.1. The van der Waals surface area contributed by atoms with Crippen molar-refractivity contribution in [2.75, 3.05) is 13.2 Å². The van der Waals surface area contributed by atoms with Gasteiger partial charge in [-0.15, -0.1) is 0 Å². The van der Waals surface area contributed by atoms with Gasteiger partial charge in [-0.3, -0.25) is 4.79 Å². The van der Waals surface area contributed by atoms with Crippen molar-refractivity contribution < 1.29 is 14.6 Å². The quantitative estimate of drug-likeness (QED) is 0.781. The van der Waals surface area contributed by atoms with Crippen molar-refractivity contribution in [1.82, 2.24) is 5.32 Å². The second-order valence-electron chi connectivity index (χ2n) is 4.88. The number of hydrogen-bond acceptors (Lipinski definition) is 3. The molecular weight excluding hydrogens is 254 g/mol. The fraction of sp³-hybridized carbons (Fsp3) is 0.438. The van der Waals surface area contributed by atoms with Crippen LogP contribution in [0.25, 0.3) is 0 Å². The smallest absolute Gasteiger partial charge is 0.223 e. The summed E-state index contributed by atoms with van der Waals surface area (Å²) in [5, 5.41) is 11.8. The van der Waals surface area contributed by atoms with E-state index in [1.165, 1.54) is 0 Å². The zero-order chi connectivity index (χ0) is 14.2. The van der Waals surface area contributed by atoms with E-state index in [1.807, 2.05) is 24.3 Å². The van der Waals surface area contributed by atoms with Crippen molar-refractivity contribution in [3.8, 4) is 5.75 Å². The first-order valence-corrected chi connectivity index (χ1v) is 7.05. The predicted molar refractivity (Wildman–Crippen MR) is 77.4 cm³/mol. The summed E-state index contributed by atoms with van der Waals surface area (Å²) in [5.41, 5.74) is 0.931. The van der Waals surface area contributed by atoms with Crippen LogP contribution in [0.3, 0.4) is 0 Å². The lowest BCUT2D eigenvalue weighted by Gasteiger charge is -2.18. The maximum absolute atomic E-state index is 12.1. The van der Waals surface area contributed by atoms with Crippen LogP contribution in [0.1, 0.15) is 24.8 Å². The fourth-order valence-corrected chi connectivity index (χ4v) is 2.30. The molecule has 1 aliphatic rings. The number of carbonyl (C=O) groups is 1. The van der Waals surface area contributed by atoms with Crippen molar-refractivity contribution in [1.29, 1.82) is 0 Å². The van der Waals surface area contributed by atoms with Gasteiger partial charge in [0.15, 0.2) is 0 Å². The standard InChI is InChI=1S/C16H21NO3/c18-10-11-20-15-9-5-4-8-14(15)12-17-16(19)13-6-2-1-3-7-13/h1-2,4-5,8-9,13,18H,3,6-7,10-12H2,(H,17,19). The summed E-state index contributed by atoms with van der Waals surface area (Å²) in [7, 11) is 0. The molecule has 1 aliphatic carbocycles. The molecule has 0 saturated heterocycles. The number of allylic oxidation sites excluding steroid dienone is 2. The summed E-state index contributed by atoms with van der Waals surface area (Å²) in [6, 6.07) is 7.56. The molecule has 1 unspecified atom stereocenters. The van der Waals surface area contributed by atoms with Crippen LogP contribution in [0.15, 0.2) is 36.4 Å². The van der Waals surface area contributed by atoms with E-state index in [1.54, 1.807) is 0 Å². The van der Waals surface area contributed by atoms with E-state index < -0.39 is 0 Å². The van der Waals surface area contributed by atoms with Crippen LogP contribution in [0, 0.1) is 5.92 Å². The summed E-state index contributed by atoms with van der Waals surface area (Å²) < 4.78 is 5.45. The lowest BCUT2D eigenvalue weighted by Crippen LogP contribution is -2.30. The van der Waals surface area contributed by atoms with Crippen LogP contribution >= 0.6 is 0 Å². The van der Waals surface area contributed by atoms with Crippen LogP contribution in [0.5, 0.6) is 5.75 Å². The number of hydrogen-bond donors (Lipinski definition) is 2. The second kappa shape index (κ2) is 7.70. The lowest BCUT2D eigenvalue weighted by molar-refractivity contribution is -0.125. The van der Waals surface area contributed by atoms with Gasteiger partial charge in [0.05, 0.1) is 6.61 Å². The molecule has 2 rings (SSSR count). The summed E-state index contributed by atoms with van der Waals surface area (Å²) in [5.74, 6) is 0.905. The van der Waals surface area contributed by atoms with E-state index in [2.05, 4.69) is 17.5 Å². The van der Waals surface area contributed by atoms with Gasteiger partial charge >= 0.3 is 0 Å². The molecule has 108 valence electrons. The third-order valence-electron chi connectivity index (χ3n) is 3.41. The Bertz CT molecular complexity index is 471. The number of carbonyl (C=O) groups excluding carboxylic acids is 1. The largest absolute Gasteiger partial charge is 0.491 e. The Hall–Kier alpha value is -1.81. The van der Waals surface area contributed by atoms with Crippen LogP contribution in [-0.2, 0) is 11.3 Å². The molecule has 0 bridgehead atoms. The van der Waals surface area contributed by atoms with Crippen molar-refractivity contribution in [3.63, 3.8) is 0 Å². The molecule has 1 aromatic rings. The summed E-state index contributed by atoms with van der Waals surface area (Å²) >= 11 is 0. The molecular formula is C16H21NO3. The van der Waals surface area contributed by atoms with Gasteiger partial charge in [-0.25, -0.2) is 0 Å². The van der Waals surface area contributed by atoms with E-state index >= 15 is 0 Å². The summed E-state index contributed by atoms with van der Waals surface area (Å²) in [6.45, 7) is 0.703. The highest BCUT2D eigenvalue weighted by atomic mass is 16.5. The molecule has 20 heavy (non-hydrogen) atoms. The minimum atomic E-state index is -0.0187. The highest BCUT2D eigenvalue weighted by Gasteiger charge is 2.18.